The highest BCUT2D eigenvalue weighted by molar-refractivity contribution is 5.82. The summed E-state index contributed by atoms with van der Waals surface area (Å²) < 4.78 is 18.8. The number of unbranched alkanes of at least 4 members (excludes halogenated alkanes) is 1. The Morgan fingerprint density at radius 2 is 2.29 bits per heavy atom. The number of amides is 1. The van der Waals surface area contributed by atoms with Crippen LogP contribution in [0.3, 0.4) is 0 Å². The second-order valence-electron chi connectivity index (χ2n) is 6.58. The maximum atomic E-state index is 13.2. The van der Waals surface area contributed by atoms with Crippen LogP contribution < -0.4 is 10.1 Å². The molecule has 6 heteroatoms. The van der Waals surface area contributed by atoms with Crippen LogP contribution in [0, 0.1) is 5.82 Å². The minimum Gasteiger partial charge on any atom is -0.480 e. The molecule has 2 atom stereocenters. The molecule has 0 radical (unpaired) electrons. The highest BCUT2D eigenvalue weighted by atomic mass is 19.1. The van der Waals surface area contributed by atoms with Gasteiger partial charge in [-0.1, -0.05) is 0 Å². The van der Waals surface area contributed by atoms with Gasteiger partial charge < -0.3 is 15.2 Å². The van der Waals surface area contributed by atoms with Crippen molar-refractivity contribution in [3.8, 4) is 5.75 Å². The molecule has 0 saturated carbocycles. The molecule has 1 aromatic carbocycles. The molecule has 0 spiro atoms. The molecular weight excluding hydrogens is 311 g/mol. The minimum absolute atomic E-state index is 0.138. The number of rotatable bonds is 7. The van der Waals surface area contributed by atoms with Gasteiger partial charge in [-0.2, -0.15) is 0 Å². The van der Waals surface area contributed by atoms with E-state index >= 15 is 0 Å². The largest absolute Gasteiger partial charge is 0.480 e. The van der Waals surface area contributed by atoms with E-state index in [1.54, 1.807) is 6.07 Å². The Labute approximate surface area is 141 Å². The maximum Gasteiger partial charge on any atom is 0.261 e. The molecule has 2 N–H and O–H groups in total. The van der Waals surface area contributed by atoms with Crippen molar-refractivity contribution in [2.75, 3.05) is 26.2 Å². The first-order chi connectivity index (χ1) is 11.7. The molecule has 1 fully saturated rings. The lowest BCUT2D eigenvalue weighted by Crippen LogP contribution is -2.38. The highest BCUT2D eigenvalue weighted by Crippen LogP contribution is 2.29. The molecule has 0 bridgehead atoms. The number of carbonyl (C=O) groups is 1. The first-order valence-corrected chi connectivity index (χ1v) is 8.75. The average Bonchev–Trinajstić information content (AvgIpc) is 3.20. The van der Waals surface area contributed by atoms with E-state index in [4.69, 9.17) is 4.74 Å². The third kappa shape index (κ3) is 4.05. The number of hydrogen-bond acceptors (Lipinski definition) is 4. The molecule has 0 aromatic heterocycles. The lowest BCUT2D eigenvalue weighted by atomic mass is 10.1. The van der Waals surface area contributed by atoms with Gasteiger partial charge >= 0.3 is 0 Å². The fourth-order valence-corrected chi connectivity index (χ4v) is 3.52. The van der Waals surface area contributed by atoms with E-state index in [0.717, 1.165) is 44.3 Å². The van der Waals surface area contributed by atoms with Gasteiger partial charge in [0.25, 0.3) is 5.91 Å². The normalized spacial score (nSPS) is 23.1. The van der Waals surface area contributed by atoms with Crippen LogP contribution in [0.2, 0.25) is 0 Å². The Hall–Kier alpha value is -1.66. The lowest BCUT2D eigenvalue weighted by Gasteiger charge is -2.22. The Kier molecular flexibility index (Phi) is 5.68. The molecule has 1 aromatic rings. The predicted octanol–water partition coefficient (Wildman–Crippen LogP) is 1.48. The number of fused-ring (bicyclic) bond motifs is 1. The lowest BCUT2D eigenvalue weighted by molar-refractivity contribution is -0.127. The van der Waals surface area contributed by atoms with Crippen LogP contribution >= 0.6 is 0 Å². The Morgan fingerprint density at radius 1 is 1.42 bits per heavy atom. The quantitative estimate of drug-likeness (QED) is 0.741. The smallest absolute Gasteiger partial charge is 0.261 e. The van der Waals surface area contributed by atoms with Crippen LogP contribution in [0.25, 0.3) is 0 Å². The number of halogens is 1. The van der Waals surface area contributed by atoms with Gasteiger partial charge in [-0.25, -0.2) is 4.39 Å². The monoisotopic (exact) mass is 336 g/mol. The van der Waals surface area contributed by atoms with Gasteiger partial charge in [0.1, 0.15) is 11.6 Å². The highest BCUT2D eigenvalue weighted by Gasteiger charge is 2.29. The first kappa shape index (κ1) is 17.2. The molecule has 2 aliphatic rings. The number of carbonyl (C=O) groups excluding carboxylic acids is 1. The number of likely N-dealkylation sites (tertiary alicyclic amines) is 1. The zero-order valence-electron chi connectivity index (χ0n) is 13.8. The van der Waals surface area contributed by atoms with Crippen LogP contribution in [0.15, 0.2) is 18.2 Å². The molecule has 2 heterocycles. The molecule has 2 unspecified atom stereocenters. The fourth-order valence-electron chi connectivity index (χ4n) is 3.52. The summed E-state index contributed by atoms with van der Waals surface area (Å²) in [5, 5.41) is 12.2. The zero-order chi connectivity index (χ0) is 16.9. The van der Waals surface area contributed by atoms with Crippen LogP contribution in [-0.2, 0) is 11.2 Å². The third-order valence-corrected chi connectivity index (χ3v) is 4.87. The van der Waals surface area contributed by atoms with E-state index in [9.17, 15) is 14.3 Å². The Bertz CT molecular complexity index is 581. The van der Waals surface area contributed by atoms with Crippen LogP contribution in [0.1, 0.15) is 31.2 Å². The third-order valence-electron chi connectivity index (χ3n) is 4.87. The topological polar surface area (TPSA) is 61.8 Å². The van der Waals surface area contributed by atoms with Crippen molar-refractivity contribution in [2.24, 2.45) is 0 Å². The van der Waals surface area contributed by atoms with E-state index < -0.39 is 6.10 Å². The summed E-state index contributed by atoms with van der Waals surface area (Å²) >= 11 is 0. The van der Waals surface area contributed by atoms with Gasteiger partial charge in [0.15, 0.2) is 6.10 Å². The second-order valence-corrected chi connectivity index (χ2v) is 6.58. The molecule has 1 saturated heterocycles. The van der Waals surface area contributed by atoms with Crippen LogP contribution in [-0.4, -0.2) is 54.3 Å². The second kappa shape index (κ2) is 7.94. The number of hydrogen-bond donors (Lipinski definition) is 2. The van der Waals surface area contributed by atoms with Crippen molar-refractivity contribution in [3.63, 3.8) is 0 Å². The number of benzene rings is 1. The summed E-state index contributed by atoms with van der Waals surface area (Å²) in [6.45, 7) is 2.87. The number of aliphatic hydroxyl groups excluding tert-OH is 1. The maximum absolute atomic E-state index is 13.2. The summed E-state index contributed by atoms with van der Waals surface area (Å²) in [5.74, 6) is 0.156. The van der Waals surface area contributed by atoms with Crippen molar-refractivity contribution >= 4 is 5.91 Å². The number of ether oxygens (including phenoxy) is 1. The van der Waals surface area contributed by atoms with Crippen LogP contribution in [0.5, 0.6) is 5.75 Å². The number of aliphatic hydroxyl groups is 1. The summed E-state index contributed by atoms with van der Waals surface area (Å²) in [6.07, 6.45) is 3.99. The van der Waals surface area contributed by atoms with E-state index in [2.05, 4.69) is 10.2 Å². The Morgan fingerprint density at radius 3 is 3.12 bits per heavy atom. The van der Waals surface area contributed by atoms with E-state index in [0.29, 0.717) is 24.8 Å². The number of nitrogens with zero attached hydrogens (tertiary/aromatic N) is 1. The van der Waals surface area contributed by atoms with Gasteiger partial charge in [-0.15, -0.1) is 0 Å². The SMILES string of the molecule is O=C(NCCCCN1CCCC1CO)C1Cc2cc(F)ccc2O1. The predicted molar refractivity (Wildman–Crippen MR) is 88.4 cm³/mol. The van der Waals surface area contributed by atoms with Crippen molar-refractivity contribution in [2.45, 2.75) is 44.2 Å². The summed E-state index contributed by atoms with van der Waals surface area (Å²) in [4.78, 5) is 14.5. The van der Waals surface area contributed by atoms with Gasteiger partial charge in [-0.3, -0.25) is 9.69 Å². The standard InChI is InChI=1S/C18H25FN2O3/c19-14-5-6-16-13(10-14)11-17(24-16)18(23)20-7-1-2-8-21-9-3-4-15(21)12-22/h5-6,10,15,17,22H,1-4,7-9,11-12H2,(H,20,23). The minimum atomic E-state index is -0.556. The van der Waals surface area contributed by atoms with Gasteiger partial charge in [-0.05, 0) is 57.0 Å². The zero-order valence-corrected chi connectivity index (χ0v) is 13.8. The van der Waals surface area contributed by atoms with E-state index in [1.807, 2.05) is 0 Å². The number of nitrogens with one attached hydrogen (secondary N) is 1. The molecule has 132 valence electrons. The molecule has 1 amide bonds. The molecule has 5 nitrogen and oxygen atoms in total. The Balaban J connectivity index is 1.34. The summed E-state index contributed by atoms with van der Waals surface area (Å²) in [6, 6.07) is 4.66. The molecular formula is C18H25FN2O3. The van der Waals surface area contributed by atoms with Gasteiger partial charge in [0.05, 0.1) is 6.61 Å². The van der Waals surface area contributed by atoms with Crippen molar-refractivity contribution < 1.29 is 19.0 Å². The van der Waals surface area contributed by atoms with Crippen molar-refractivity contribution in [3.05, 3.63) is 29.6 Å². The van der Waals surface area contributed by atoms with E-state index in [1.165, 1.54) is 12.1 Å². The van der Waals surface area contributed by atoms with Crippen molar-refractivity contribution in [1.29, 1.82) is 0 Å². The molecule has 2 aliphatic heterocycles. The summed E-state index contributed by atoms with van der Waals surface area (Å²) in [7, 11) is 0. The van der Waals surface area contributed by atoms with Gasteiger partial charge in [0, 0.05) is 24.6 Å². The first-order valence-electron chi connectivity index (χ1n) is 8.75. The van der Waals surface area contributed by atoms with Crippen molar-refractivity contribution in [1.82, 2.24) is 10.2 Å². The van der Waals surface area contributed by atoms with Gasteiger partial charge in [0.2, 0.25) is 0 Å². The molecule has 24 heavy (non-hydrogen) atoms. The fraction of sp³-hybridized carbons (Fsp3) is 0.611. The molecule has 3 rings (SSSR count). The van der Waals surface area contributed by atoms with E-state index in [-0.39, 0.29) is 18.3 Å². The average molecular weight is 336 g/mol. The summed E-state index contributed by atoms with van der Waals surface area (Å²) in [5.41, 5.74) is 0.749. The van der Waals surface area contributed by atoms with Crippen LogP contribution in [0.4, 0.5) is 4.39 Å². The molecule has 0 aliphatic carbocycles.